The third kappa shape index (κ3) is 3.28. The molecule has 0 radical (unpaired) electrons. The number of sulfonamides is 1. The van der Waals surface area contributed by atoms with E-state index < -0.39 is 16.7 Å². The third-order valence-corrected chi connectivity index (χ3v) is 3.45. The lowest BCUT2D eigenvalue weighted by Gasteiger charge is -2.09. The summed E-state index contributed by atoms with van der Waals surface area (Å²) in [6.45, 7) is 2.90. The Morgan fingerprint density at radius 2 is 1.80 bits per heavy atom. The Morgan fingerprint density at radius 3 is 2.20 bits per heavy atom. The second-order valence-corrected chi connectivity index (χ2v) is 5.27. The van der Waals surface area contributed by atoms with Crippen molar-refractivity contribution >= 4 is 10.0 Å². The van der Waals surface area contributed by atoms with Crippen LogP contribution in [0, 0.1) is 0 Å². The van der Waals surface area contributed by atoms with Crippen LogP contribution in [-0.4, -0.2) is 14.5 Å². The van der Waals surface area contributed by atoms with Crippen molar-refractivity contribution in [3.63, 3.8) is 0 Å². The minimum atomic E-state index is -3.46. The Hall–Kier alpha value is -0.940. The summed E-state index contributed by atoms with van der Waals surface area (Å²) in [5, 5.41) is 0. The van der Waals surface area contributed by atoms with Gasteiger partial charge >= 0.3 is 0 Å². The Labute approximate surface area is 89.4 Å². The maximum absolute atomic E-state index is 12.2. The molecule has 0 aromatic heterocycles. The molecule has 0 aliphatic rings. The molecule has 1 aromatic rings. The van der Waals surface area contributed by atoms with Gasteiger partial charge in [0.25, 0.3) is 0 Å². The Kier molecular flexibility index (Phi) is 3.82. The van der Waals surface area contributed by atoms with Gasteiger partial charge in [-0.2, -0.15) is 0 Å². The van der Waals surface area contributed by atoms with Crippen LogP contribution in [0.1, 0.15) is 19.4 Å². The van der Waals surface area contributed by atoms with Crippen molar-refractivity contribution in [3.05, 3.63) is 29.8 Å². The van der Waals surface area contributed by atoms with E-state index in [2.05, 4.69) is 4.72 Å². The van der Waals surface area contributed by atoms with Crippen LogP contribution in [0.2, 0.25) is 0 Å². The van der Waals surface area contributed by atoms with E-state index in [-0.39, 0.29) is 10.9 Å². The molecule has 0 fully saturated rings. The molecule has 0 saturated heterocycles. The average molecular weight is 231 g/mol. The molecule has 3 nitrogen and oxygen atoms in total. The number of rotatable bonds is 4. The highest BCUT2D eigenvalue weighted by molar-refractivity contribution is 7.89. The van der Waals surface area contributed by atoms with Gasteiger partial charge in [0.2, 0.25) is 10.0 Å². The summed E-state index contributed by atoms with van der Waals surface area (Å²) < 4.78 is 37.9. The highest BCUT2D eigenvalue weighted by Crippen LogP contribution is 2.11. The highest BCUT2D eigenvalue weighted by atomic mass is 32.2. The molecule has 0 bridgehead atoms. The van der Waals surface area contributed by atoms with Gasteiger partial charge in [-0.1, -0.05) is 12.1 Å². The summed E-state index contributed by atoms with van der Waals surface area (Å²) in [6, 6.07) is 5.58. The molecule has 0 spiro atoms. The van der Waals surface area contributed by atoms with Crippen LogP contribution in [0.25, 0.3) is 0 Å². The van der Waals surface area contributed by atoms with Crippen LogP contribution >= 0.6 is 0 Å². The molecule has 1 rings (SSSR count). The normalized spacial score (nSPS) is 12.0. The summed E-state index contributed by atoms with van der Waals surface area (Å²) >= 11 is 0. The van der Waals surface area contributed by atoms with Gasteiger partial charge in [0, 0.05) is 6.04 Å². The van der Waals surface area contributed by atoms with Gasteiger partial charge in [-0.3, -0.25) is 0 Å². The van der Waals surface area contributed by atoms with E-state index in [1.807, 2.05) is 0 Å². The number of hydrogen-bond acceptors (Lipinski definition) is 2. The third-order valence-electron chi connectivity index (χ3n) is 1.78. The minimum Gasteiger partial charge on any atom is -0.246 e. The van der Waals surface area contributed by atoms with E-state index in [0.717, 1.165) is 0 Å². The van der Waals surface area contributed by atoms with Crippen molar-refractivity contribution in [1.29, 1.82) is 0 Å². The second kappa shape index (κ2) is 4.72. The van der Waals surface area contributed by atoms with Gasteiger partial charge in [0.15, 0.2) is 0 Å². The lowest BCUT2D eigenvalue weighted by atomic mass is 10.2. The first-order valence-corrected chi connectivity index (χ1v) is 6.11. The molecule has 5 heteroatoms. The SMILES string of the molecule is CC(C)NS(=O)(=O)c1ccc(CF)cc1. The molecule has 84 valence electrons. The Balaban J connectivity index is 2.96. The molecule has 1 N–H and O–H groups in total. The van der Waals surface area contributed by atoms with Gasteiger partial charge in [-0.05, 0) is 31.5 Å². The zero-order valence-electron chi connectivity index (χ0n) is 8.70. The zero-order valence-corrected chi connectivity index (χ0v) is 9.51. The van der Waals surface area contributed by atoms with Gasteiger partial charge in [-0.25, -0.2) is 17.5 Å². The maximum atomic E-state index is 12.2. The van der Waals surface area contributed by atoms with Crippen LogP contribution in [0.5, 0.6) is 0 Å². The number of hydrogen-bond donors (Lipinski definition) is 1. The average Bonchev–Trinajstić information content (AvgIpc) is 2.16. The maximum Gasteiger partial charge on any atom is 0.240 e. The second-order valence-electron chi connectivity index (χ2n) is 3.55. The van der Waals surface area contributed by atoms with Gasteiger partial charge in [-0.15, -0.1) is 0 Å². The van der Waals surface area contributed by atoms with Crippen molar-refractivity contribution in [2.24, 2.45) is 0 Å². The van der Waals surface area contributed by atoms with E-state index in [4.69, 9.17) is 0 Å². The fourth-order valence-electron chi connectivity index (χ4n) is 1.14. The number of nitrogens with one attached hydrogen (secondary N) is 1. The zero-order chi connectivity index (χ0) is 11.5. The predicted molar refractivity (Wildman–Crippen MR) is 56.7 cm³/mol. The first kappa shape index (κ1) is 12.1. The van der Waals surface area contributed by atoms with E-state index in [1.165, 1.54) is 24.3 Å². The van der Waals surface area contributed by atoms with E-state index in [9.17, 15) is 12.8 Å². The summed E-state index contributed by atoms with van der Waals surface area (Å²) in [5.41, 5.74) is 0.471. The summed E-state index contributed by atoms with van der Waals surface area (Å²) in [6.07, 6.45) is 0. The molecule has 0 unspecified atom stereocenters. The fraction of sp³-hybridized carbons (Fsp3) is 0.400. The van der Waals surface area contributed by atoms with Crippen molar-refractivity contribution in [2.75, 3.05) is 0 Å². The van der Waals surface area contributed by atoms with E-state index in [0.29, 0.717) is 5.56 Å². The molecule has 0 atom stereocenters. The van der Waals surface area contributed by atoms with Crippen molar-refractivity contribution in [1.82, 2.24) is 4.72 Å². The van der Waals surface area contributed by atoms with Crippen molar-refractivity contribution in [2.45, 2.75) is 31.5 Å². The summed E-state index contributed by atoms with van der Waals surface area (Å²) in [5.74, 6) is 0. The fourth-order valence-corrected chi connectivity index (χ4v) is 2.39. The largest absolute Gasteiger partial charge is 0.246 e. The first-order chi connectivity index (χ1) is 6.95. The number of benzene rings is 1. The quantitative estimate of drug-likeness (QED) is 0.859. The van der Waals surface area contributed by atoms with Gasteiger partial charge in [0.1, 0.15) is 6.67 Å². The lowest BCUT2D eigenvalue weighted by molar-refractivity contribution is 0.485. The van der Waals surface area contributed by atoms with Crippen LogP contribution in [0.4, 0.5) is 4.39 Å². The molecule has 0 saturated carbocycles. The van der Waals surface area contributed by atoms with Crippen LogP contribution in [0.15, 0.2) is 29.2 Å². The molecule has 15 heavy (non-hydrogen) atoms. The van der Waals surface area contributed by atoms with Gasteiger partial charge < -0.3 is 0 Å². The monoisotopic (exact) mass is 231 g/mol. The number of alkyl halides is 1. The highest BCUT2D eigenvalue weighted by Gasteiger charge is 2.14. The Bertz CT molecular complexity index is 412. The Morgan fingerprint density at radius 1 is 1.27 bits per heavy atom. The lowest BCUT2D eigenvalue weighted by Crippen LogP contribution is -2.30. The molecular weight excluding hydrogens is 217 g/mol. The predicted octanol–water partition coefficient (Wildman–Crippen LogP) is 1.84. The van der Waals surface area contributed by atoms with Crippen LogP contribution < -0.4 is 4.72 Å². The minimum absolute atomic E-state index is 0.157. The molecule has 1 aromatic carbocycles. The molecule has 0 aliphatic heterocycles. The standard InChI is InChI=1S/C10H14FNO2S/c1-8(2)12-15(13,14)10-5-3-9(7-11)4-6-10/h3-6,8,12H,7H2,1-2H3. The van der Waals surface area contributed by atoms with Crippen LogP contribution in [-0.2, 0) is 16.7 Å². The van der Waals surface area contributed by atoms with E-state index in [1.54, 1.807) is 13.8 Å². The van der Waals surface area contributed by atoms with Crippen molar-refractivity contribution < 1.29 is 12.8 Å². The molecule has 0 heterocycles. The van der Waals surface area contributed by atoms with E-state index >= 15 is 0 Å². The smallest absolute Gasteiger partial charge is 0.240 e. The van der Waals surface area contributed by atoms with Gasteiger partial charge in [0.05, 0.1) is 4.90 Å². The van der Waals surface area contributed by atoms with Crippen molar-refractivity contribution in [3.8, 4) is 0 Å². The molecule has 0 aliphatic carbocycles. The first-order valence-electron chi connectivity index (χ1n) is 4.63. The molecule has 0 amide bonds. The van der Waals surface area contributed by atoms with Crippen LogP contribution in [0.3, 0.4) is 0 Å². The summed E-state index contributed by atoms with van der Waals surface area (Å²) in [7, 11) is -3.46. The topological polar surface area (TPSA) is 46.2 Å². The summed E-state index contributed by atoms with van der Waals surface area (Å²) in [4.78, 5) is 0.161. The number of halogens is 1. The molecular formula is C10H14FNO2S.